The fourth-order valence-corrected chi connectivity index (χ4v) is 4.65. The number of ether oxygens (including phenoxy) is 1. The van der Waals surface area contributed by atoms with Crippen molar-refractivity contribution in [2.24, 2.45) is 0 Å². The Morgan fingerprint density at radius 1 is 1.14 bits per heavy atom. The predicted molar refractivity (Wildman–Crippen MR) is 120 cm³/mol. The summed E-state index contributed by atoms with van der Waals surface area (Å²) >= 11 is 0. The van der Waals surface area contributed by atoms with Gasteiger partial charge in [0.15, 0.2) is 6.17 Å². The average Bonchev–Trinajstić information content (AvgIpc) is 2.86. The second-order valence-electron chi connectivity index (χ2n) is 8.61. The molecule has 0 aliphatic carbocycles. The molecule has 1 amide bonds. The van der Waals surface area contributed by atoms with Crippen molar-refractivity contribution in [2.45, 2.75) is 25.3 Å². The Morgan fingerprint density at radius 3 is 2.61 bits per heavy atom. The van der Waals surface area contributed by atoms with Gasteiger partial charge >= 0.3 is 12.1 Å². The highest BCUT2D eigenvalue weighted by Crippen LogP contribution is 2.42. The molecular formula is C23H23F4N5O4. The molecule has 3 aliphatic heterocycles. The number of anilines is 2. The van der Waals surface area contributed by atoms with Gasteiger partial charge in [-0.15, -0.1) is 0 Å². The first-order valence-electron chi connectivity index (χ1n) is 11.3. The lowest BCUT2D eigenvalue weighted by Crippen LogP contribution is -2.70. The van der Waals surface area contributed by atoms with Gasteiger partial charge < -0.3 is 24.7 Å². The number of amides is 1. The largest absolute Gasteiger partial charge is 0.492 e. The molecule has 2 atom stereocenters. The summed E-state index contributed by atoms with van der Waals surface area (Å²) in [5.74, 6) is -3.23. The Hall–Kier alpha value is -3.58. The Morgan fingerprint density at radius 2 is 1.89 bits per heavy atom. The topological polar surface area (TPSA) is 86.4 Å². The first-order chi connectivity index (χ1) is 17.1. The van der Waals surface area contributed by atoms with E-state index in [1.165, 1.54) is 11.0 Å². The monoisotopic (exact) mass is 509 g/mol. The van der Waals surface area contributed by atoms with E-state index in [4.69, 9.17) is 4.74 Å². The molecule has 5 rings (SSSR count). The van der Waals surface area contributed by atoms with Crippen LogP contribution in [-0.4, -0.2) is 68.2 Å². The average molecular weight is 509 g/mol. The third-order valence-corrected chi connectivity index (χ3v) is 6.39. The molecule has 2 aromatic carbocycles. The number of carbonyl (C=O) groups excluding carboxylic acids is 2. The van der Waals surface area contributed by atoms with Crippen molar-refractivity contribution >= 4 is 23.3 Å². The summed E-state index contributed by atoms with van der Waals surface area (Å²) in [4.78, 5) is 31.9. The summed E-state index contributed by atoms with van der Waals surface area (Å²) in [5.41, 5.74) is 4.24. The molecule has 2 N–H and O–H groups in total. The van der Waals surface area contributed by atoms with Gasteiger partial charge in [-0.05, 0) is 41.9 Å². The van der Waals surface area contributed by atoms with Crippen LogP contribution in [0.1, 0.15) is 6.92 Å². The summed E-state index contributed by atoms with van der Waals surface area (Å²) in [5, 5.41) is 3.72. The van der Waals surface area contributed by atoms with E-state index in [2.05, 4.69) is 20.5 Å². The van der Waals surface area contributed by atoms with Gasteiger partial charge in [-0.3, -0.25) is 10.2 Å². The van der Waals surface area contributed by atoms with Crippen LogP contribution in [0.25, 0.3) is 11.1 Å². The molecule has 0 aromatic heterocycles. The number of rotatable bonds is 3. The molecule has 2 fully saturated rings. The fourth-order valence-electron chi connectivity index (χ4n) is 4.65. The number of nitrogens with one attached hydrogen (secondary N) is 2. The van der Waals surface area contributed by atoms with Crippen LogP contribution in [0.15, 0.2) is 36.4 Å². The standard InChI is InChI=1S/C23H23F4N5O4/c1-13-21(33)29-32(36-22(34)23(25,26)27)19-12-35-18-11-14(5-6-16(18)31(13)19)20-15(24)3-2-4-17(20)30-9-7-28-8-10-30/h2-6,11,13,19,28H,7-10,12H2,1H3,(H,29,33). The molecule has 2 saturated heterocycles. The number of hydroxylamine groups is 1. The van der Waals surface area contributed by atoms with Crippen molar-refractivity contribution in [3.05, 3.63) is 42.2 Å². The van der Waals surface area contributed by atoms with Crippen LogP contribution in [0.5, 0.6) is 5.75 Å². The van der Waals surface area contributed by atoms with E-state index in [1.54, 1.807) is 31.2 Å². The Labute approximate surface area is 203 Å². The van der Waals surface area contributed by atoms with Crippen LogP contribution in [0.2, 0.25) is 0 Å². The number of hydrazine groups is 1. The van der Waals surface area contributed by atoms with Gasteiger partial charge in [0, 0.05) is 37.4 Å². The zero-order valence-electron chi connectivity index (χ0n) is 19.1. The lowest BCUT2D eigenvalue weighted by Gasteiger charge is -2.48. The summed E-state index contributed by atoms with van der Waals surface area (Å²) in [6.07, 6.45) is -6.30. The molecule has 2 aromatic rings. The Balaban J connectivity index is 1.49. The fraction of sp³-hybridized carbons (Fsp3) is 0.391. The normalized spacial score (nSPS) is 22.3. The summed E-state index contributed by atoms with van der Waals surface area (Å²) in [7, 11) is 0. The maximum absolute atomic E-state index is 15.1. The smallest absolute Gasteiger partial charge is 0.488 e. The zero-order chi connectivity index (χ0) is 25.6. The summed E-state index contributed by atoms with van der Waals surface area (Å²) in [6.45, 7) is 4.31. The molecule has 0 saturated carbocycles. The highest BCUT2D eigenvalue weighted by Gasteiger charge is 2.49. The third-order valence-electron chi connectivity index (χ3n) is 6.39. The number of carbonyl (C=O) groups is 2. The second-order valence-corrected chi connectivity index (χ2v) is 8.61. The van der Waals surface area contributed by atoms with E-state index in [-0.39, 0.29) is 6.61 Å². The number of alkyl halides is 3. The molecule has 9 nitrogen and oxygen atoms in total. The molecule has 0 radical (unpaired) electrons. The van der Waals surface area contributed by atoms with Crippen molar-refractivity contribution in [1.82, 2.24) is 15.9 Å². The van der Waals surface area contributed by atoms with Crippen LogP contribution in [0.4, 0.5) is 28.9 Å². The van der Waals surface area contributed by atoms with Crippen molar-refractivity contribution in [3.8, 4) is 16.9 Å². The molecule has 3 aliphatic rings. The van der Waals surface area contributed by atoms with Crippen molar-refractivity contribution < 1.29 is 36.7 Å². The SMILES string of the molecule is CC1C(=O)NN(OC(=O)C(F)(F)F)C2COc3cc(-c4c(F)cccc4N4CCNCC4)ccc3N12. The number of hydrogen-bond donors (Lipinski definition) is 2. The maximum Gasteiger partial charge on any atom is 0.492 e. The molecule has 36 heavy (non-hydrogen) atoms. The lowest BCUT2D eigenvalue weighted by molar-refractivity contribution is -0.265. The van der Waals surface area contributed by atoms with Crippen LogP contribution in [0, 0.1) is 5.82 Å². The third kappa shape index (κ3) is 4.28. The quantitative estimate of drug-likeness (QED) is 0.610. The van der Waals surface area contributed by atoms with Crippen LogP contribution in [-0.2, 0) is 14.4 Å². The minimum absolute atomic E-state index is 0.228. The van der Waals surface area contributed by atoms with E-state index in [1.807, 2.05) is 6.07 Å². The van der Waals surface area contributed by atoms with Crippen LogP contribution in [0.3, 0.4) is 0 Å². The maximum atomic E-state index is 15.1. The van der Waals surface area contributed by atoms with Gasteiger partial charge in [-0.2, -0.15) is 13.2 Å². The molecule has 2 unspecified atom stereocenters. The van der Waals surface area contributed by atoms with E-state index in [0.29, 0.717) is 40.8 Å². The molecule has 0 bridgehead atoms. The van der Waals surface area contributed by atoms with Gasteiger partial charge in [0.2, 0.25) is 0 Å². The second kappa shape index (κ2) is 9.13. The van der Waals surface area contributed by atoms with Crippen molar-refractivity contribution in [3.63, 3.8) is 0 Å². The minimum atomic E-state index is -5.25. The molecular weight excluding hydrogens is 486 g/mol. The summed E-state index contributed by atoms with van der Waals surface area (Å²) < 4.78 is 59.1. The van der Waals surface area contributed by atoms with Crippen molar-refractivity contribution in [2.75, 3.05) is 42.6 Å². The van der Waals surface area contributed by atoms with Gasteiger partial charge in [-0.25, -0.2) is 9.18 Å². The van der Waals surface area contributed by atoms with Crippen LogP contribution >= 0.6 is 0 Å². The van der Waals surface area contributed by atoms with E-state index in [9.17, 15) is 22.8 Å². The van der Waals surface area contributed by atoms with Crippen molar-refractivity contribution in [1.29, 1.82) is 0 Å². The predicted octanol–water partition coefficient (Wildman–Crippen LogP) is 2.18. The number of nitrogens with zero attached hydrogens (tertiary/aromatic N) is 3. The highest BCUT2D eigenvalue weighted by molar-refractivity contribution is 5.88. The Kier molecular flexibility index (Phi) is 6.12. The number of fused-ring (bicyclic) bond motifs is 3. The first-order valence-corrected chi connectivity index (χ1v) is 11.3. The van der Waals surface area contributed by atoms with Gasteiger partial charge in [0.1, 0.15) is 24.2 Å². The molecule has 0 spiro atoms. The molecule has 192 valence electrons. The zero-order valence-corrected chi connectivity index (χ0v) is 19.1. The minimum Gasteiger partial charge on any atom is -0.488 e. The van der Waals surface area contributed by atoms with E-state index < -0.39 is 36.1 Å². The summed E-state index contributed by atoms with van der Waals surface area (Å²) in [6, 6.07) is 8.99. The van der Waals surface area contributed by atoms with Crippen LogP contribution < -0.4 is 25.3 Å². The number of hydrogen-bond acceptors (Lipinski definition) is 8. The lowest BCUT2D eigenvalue weighted by atomic mass is 9.99. The molecule has 13 heteroatoms. The number of benzene rings is 2. The van der Waals surface area contributed by atoms with E-state index >= 15 is 4.39 Å². The Bertz CT molecular complexity index is 1190. The first kappa shape index (κ1) is 24.1. The van der Waals surface area contributed by atoms with Gasteiger partial charge in [0.05, 0.1) is 5.69 Å². The van der Waals surface area contributed by atoms with Gasteiger partial charge in [-0.1, -0.05) is 12.1 Å². The highest BCUT2D eigenvalue weighted by atomic mass is 19.4. The number of halogens is 4. The molecule has 3 heterocycles. The van der Waals surface area contributed by atoms with Gasteiger partial charge in [0.25, 0.3) is 5.91 Å². The number of piperazine rings is 1. The van der Waals surface area contributed by atoms with E-state index in [0.717, 1.165) is 18.8 Å².